The lowest BCUT2D eigenvalue weighted by molar-refractivity contribution is -0.132. The van der Waals surface area contributed by atoms with Gasteiger partial charge in [-0.25, -0.2) is 0 Å². The average molecular weight is 170 g/mol. The van der Waals surface area contributed by atoms with Crippen molar-refractivity contribution in [2.45, 2.75) is 26.7 Å². The Morgan fingerprint density at radius 2 is 2.25 bits per heavy atom. The largest absolute Gasteiger partial charge is 0.341 e. The van der Waals surface area contributed by atoms with Gasteiger partial charge in [0.2, 0.25) is 5.91 Å². The molecule has 0 aliphatic carbocycles. The zero-order valence-corrected chi connectivity index (χ0v) is 7.97. The number of rotatable bonds is 1. The predicted molar refractivity (Wildman–Crippen MR) is 48.6 cm³/mol. The van der Waals surface area contributed by atoms with Crippen molar-refractivity contribution in [1.29, 1.82) is 0 Å². The molecule has 2 N–H and O–H groups in total. The first-order chi connectivity index (χ1) is 5.55. The fraction of sp³-hybridized carbons (Fsp3) is 0.889. The van der Waals surface area contributed by atoms with E-state index in [1.807, 2.05) is 4.90 Å². The Labute approximate surface area is 73.9 Å². The Morgan fingerprint density at radius 1 is 1.58 bits per heavy atom. The number of carbonyl (C=O) groups is 1. The van der Waals surface area contributed by atoms with E-state index < -0.39 is 0 Å². The summed E-state index contributed by atoms with van der Waals surface area (Å²) in [6.45, 7) is 6.30. The van der Waals surface area contributed by atoms with Crippen LogP contribution in [0.4, 0.5) is 0 Å². The minimum absolute atomic E-state index is 0.0859. The van der Waals surface area contributed by atoms with Crippen molar-refractivity contribution >= 4 is 5.91 Å². The van der Waals surface area contributed by atoms with Gasteiger partial charge in [-0.2, -0.15) is 0 Å². The molecule has 0 aromatic rings. The quantitative estimate of drug-likeness (QED) is 0.626. The molecule has 1 rings (SSSR count). The van der Waals surface area contributed by atoms with Gasteiger partial charge in [-0.3, -0.25) is 4.79 Å². The Kier molecular flexibility index (Phi) is 2.73. The summed E-state index contributed by atoms with van der Waals surface area (Å²) in [7, 11) is 0. The highest BCUT2D eigenvalue weighted by Gasteiger charge is 2.28. The minimum Gasteiger partial charge on any atom is -0.341 e. The molecule has 0 atom stereocenters. The molecule has 70 valence electrons. The van der Waals surface area contributed by atoms with E-state index in [0.717, 1.165) is 19.5 Å². The first kappa shape index (κ1) is 9.52. The highest BCUT2D eigenvalue weighted by atomic mass is 16.2. The third-order valence-corrected chi connectivity index (χ3v) is 2.43. The van der Waals surface area contributed by atoms with E-state index >= 15 is 0 Å². The Bertz CT molecular complexity index is 177. The molecule has 3 heteroatoms. The molecule has 1 heterocycles. The molecule has 12 heavy (non-hydrogen) atoms. The number of likely N-dealkylation sites (tertiary alicyclic amines) is 1. The standard InChI is InChI=1S/C9H18N2O/c1-9(2)4-3-5-11(7-9)8(12)6-10/h3-7,10H2,1-2H3. The molecule has 1 amide bonds. The lowest BCUT2D eigenvalue weighted by Crippen LogP contribution is -2.45. The van der Waals surface area contributed by atoms with Gasteiger partial charge in [-0.15, -0.1) is 0 Å². The maximum absolute atomic E-state index is 11.3. The van der Waals surface area contributed by atoms with Crippen LogP contribution < -0.4 is 5.73 Å². The van der Waals surface area contributed by atoms with Gasteiger partial charge in [0.25, 0.3) is 0 Å². The van der Waals surface area contributed by atoms with E-state index in [-0.39, 0.29) is 17.9 Å². The van der Waals surface area contributed by atoms with Crippen LogP contribution in [0.2, 0.25) is 0 Å². The monoisotopic (exact) mass is 170 g/mol. The topological polar surface area (TPSA) is 46.3 Å². The molecule has 0 saturated carbocycles. The number of amides is 1. The van der Waals surface area contributed by atoms with Gasteiger partial charge in [-0.05, 0) is 18.3 Å². The second kappa shape index (κ2) is 3.44. The fourth-order valence-corrected chi connectivity index (χ4v) is 1.77. The lowest BCUT2D eigenvalue weighted by Gasteiger charge is -2.37. The summed E-state index contributed by atoms with van der Waals surface area (Å²) >= 11 is 0. The second-order valence-electron chi connectivity index (χ2n) is 4.29. The summed E-state index contributed by atoms with van der Waals surface area (Å²) in [5, 5.41) is 0. The molecule has 1 aliphatic rings. The number of hydrogen-bond donors (Lipinski definition) is 1. The number of nitrogens with zero attached hydrogens (tertiary/aromatic N) is 1. The van der Waals surface area contributed by atoms with Crippen LogP contribution in [0.1, 0.15) is 26.7 Å². The van der Waals surface area contributed by atoms with Crippen LogP contribution in [0.25, 0.3) is 0 Å². The average Bonchev–Trinajstić information content (AvgIpc) is 2.01. The Balaban J connectivity index is 2.52. The van der Waals surface area contributed by atoms with Crippen LogP contribution in [0.15, 0.2) is 0 Å². The number of carbonyl (C=O) groups excluding carboxylic acids is 1. The van der Waals surface area contributed by atoms with Gasteiger partial charge in [0, 0.05) is 13.1 Å². The van der Waals surface area contributed by atoms with Crippen LogP contribution in [0.5, 0.6) is 0 Å². The van der Waals surface area contributed by atoms with Crippen LogP contribution in [0.3, 0.4) is 0 Å². The van der Waals surface area contributed by atoms with Gasteiger partial charge in [0.1, 0.15) is 0 Å². The van der Waals surface area contributed by atoms with Gasteiger partial charge < -0.3 is 10.6 Å². The van der Waals surface area contributed by atoms with Crippen molar-refractivity contribution in [3.8, 4) is 0 Å². The number of piperidine rings is 1. The Hall–Kier alpha value is -0.570. The van der Waals surface area contributed by atoms with Gasteiger partial charge in [0.05, 0.1) is 6.54 Å². The first-order valence-electron chi connectivity index (χ1n) is 4.53. The van der Waals surface area contributed by atoms with Crippen molar-refractivity contribution in [1.82, 2.24) is 4.90 Å². The third-order valence-electron chi connectivity index (χ3n) is 2.43. The van der Waals surface area contributed by atoms with E-state index in [1.165, 1.54) is 6.42 Å². The highest BCUT2D eigenvalue weighted by molar-refractivity contribution is 5.78. The SMILES string of the molecule is CC1(C)CCCN(C(=O)CN)C1. The predicted octanol–water partition coefficient (Wildman–Crippen LogP) is 0.594. The van der Waals surface area contributed by atoms with Gasteiger partial charge >= 0.3 is 0 Å². The lowest BCUT2D eigenvalue weighted by atomic mass is 9.84. The van der Waals surface area contributed by atoms with Crippen molar-refractivity contribution in [3.05, 3.63) is 0 Å². The summed E-state index contributed by atoms with van der Waals surface area (Å²) in [5.41, 5.74) is 5.58. The van der Waals surface area contributed by atoms with E-state index in [4.69, 9.17) is 5.73 Å². The number of hydrogen-bond acceptors (Lipinski definition) is 2. The Morgan fingerprint density at radius 3 is 2.75 bits per heavy atom. The molecule has 0 bridgehead atoms. The maximum Gasteiger partial charge on any atom is 0.236 e. The fourth-order valence-electron chi connectivity index (χ4n) is 1.77. The molecule has 0 radical (unpaired) electrons. The van der Waals surface area contributed by atoms with Crippen molar-refractivity contribution in [2.24, 2.45) is 11.1 Å². The molecule has 0 aromatic heterocycles. The zero-order valence-electron chi connectivity index (χ0n) is 7.97. The summed E-state index contributed by atoms with van der Waals surface area (Å²) in [6, 6.07) is 0. The first-order valence-corrected chi connectivity index (χ1v) is 4.53. The molecule has 1 saturated heterocycles. The summed E-state index contributed by atoms with van der Waals surface area (Å²) < 4.78 is 0. The van der Waals surface area contributed by atoms with E-state index in [2.05, 4.69) is 13.8 Å². The van der Waals surface area contributed by atoms with Crippen LogP contribution in [-0.4, -0.2) is 30.4 Å². The molecular weight excluding hydrogens is 152 g/mol. The van der Waals surface area contributed by atoms with Crippen molar-refractivity contribution < 1.29 is 4.79 Å². The van der Waals surface area contributed by atoms with E-state index in [0.29, 0.717) is 0 Å². The summed E-state index contributed by atoms with van der Waals surface area (Å²) in [4.78, 5) is 13.1. The molecule has 1 aliphatic heterocycles. The van der Waals surface area contributed by atoms with Crippen molar-refractivity contribution in [3.63, 3.8) is 0 Å². The van der Waals surface area contributed by atoms with Crippen molar-refractivity contribution in [2.75, 3.05) is 19.6 Å². The van der Waals surface area contributed by atoms with E-state index in [9.17, 15) is 4.79 Å². The van der Waals surface area contributed by atoms with E-state index in [1.54, 1.807) is 0 Å². The maximum atomic E-state index is 11.3. The normalized spacial score (nSPS) is 22.4. The minimum atomic E-state index is 0.0859. The van der Waals surface area contributed by atoms with Crippen LogP contribution in [-0.2, 0) is 4.79 Å². The van der Waals surface area contributed by atoms with Gasteiger partial charge in [-0.1, -0.05) is 13.8 Å². The smallest absolute Gasteiger partial charge is 0.236 e. The molecule has 1 fully saturated rings. The molecule has 0 spiro atoms. The second-order valence-corrected chi connectivity index (χ2v) is 4.29. The van der Waals surface area contributed by atoms with Crippen LogP contribution in [0, 0.1) is 5.41 Å². The molecular formula is C9H18N2O. The molecule has 0 aromatic carbocycles. The molecule has 3 nitrogen and oxygen atoms in total. The highest BCUT2D eigenvalue weighted by Crippen LogP contribution is 2.28. The van der Waals surface area contributed by atoms with Gasteiger partial charge in [0.15, 0.2) is 0 Å². The summed E-state index contributed by atoms with van der Waals surface area (Å²) in [6.07, 6.45) is 2.32. The third kappa shape index (κ3) is 2.21. The summed E-state index contributed by atoms with van der Waals surface area (Å²) in [5.74, 6) is 0.0859. The number of nitrogens with two attached hydrogens (primary N) is 1. The molecule has 0 unspecified atom stereocenters. The van der Waals surface area contributed by atoms with Crippen LogP contribution >= 0.6 is 0 Å². The zero-order chi connectivity index (χ0) is 9.19.